The van der Waals surface area contributed by atoms with E-state index in [2.05, 4.69) is 27.2 Å². The lowest BCUT2D eigenvalue weighted by Gasteiger charge is -2.37. The minimum atomic E-state index is -1.10. The molecule has 3 aliphatic heterocycles. The summed E-state index contributed by atoms with van der Waals surface area (Å²) < 4.78 is 5.67. The molecule has 0 saturated carbocycles. The number of hydrogen-bond donors (Lipinski definition) is 2. The highest BCUT2D eigenvalue weighted by Crippen LogP contribution is 2.40. The van der Waals surface area contributed by atoms with Gasteiger partial charge in [0.15, 0.2) is 5.54 Å². The largest absolute Gasteiger partial charge is 0.493 e. The molecule has 3 aliphatic rings. The summed E-state index contributed by atoms with van der Waals surface area (Å²) >= 11 is 0. The van der Waals surface area contributed by atoms with E-state index in [1.54, 1.807) is 0 Å². The summed E-state index contributed by atoms with van der Waals surface area (Å²) in [7, 11) is 0. The molecular formula is C24H28N4O4. The van der Waals surface area contributed by atoms with Gasteiger partial charge in [-0.1, -0.05) is 36.4 Å². The second-order valence-electron chi connectivity index (χ2n) is 8.62. The van der Waals surface area contributed by atoms with Gasteiger partial charge in [0.1, 0.15) is 5.75 Å². The number of aliphatic hydroxyl groups is 1. The zero-order chi connectivity index (χ0) is 22.1. The fraction of sp³-hybridized carbons (Fsp3) is 0.417. The van der Waals surface area contributed by atoms with Crippen LogP contribution >= 0.6 is 0 Å². The van der Waals surface area contributed by atoms with Gasteiger partial charge in [0.25, 0.3) is 5.91 Å². The van der Waals surface area contributed by atoms with Crippen LogP contribution < -0.4 is 15.0 Å². The normalized spacial score (nSPS) is 24.3. The fourth-order valence-corrected chi connectivity index (χ4v) is 4.93. The van der Waals surface area contributed by atoms with Gasteiger partial charge in [-0.15, -0.1) is 0 Å². The highest BCUT2D eigenvalue weighted by atomic mass is 16.5. The van der Waals surface area contributed by atoms with Crippen molar-refractivity contribution in [1.82, 2.24) is 15.1 Å². The third-order valence-electron chi connectivity index (χ3n) is 6.61. The fourth-order valence-electron chi connectivity index (χ4n) is 4.93. The van der Waals surface area contributed by atoms with Gasteiger partial charge in [-0.25, -0.2) is 4.79 Å². The molecule has 2 saturated heterocycles. The number of imide groups is 1. The molecule has 2 aromatic carbocycles. The minimum Gasteiger partial charge on any atom is -0.493 e. The summed E-state index contributed by atoms with van der Waals surface area (Å²) in [6.45, 7) is 4.15. The molecule has 0 radical (unpaired) electrons. The standard InChI is InChI=1S/C24H28N4O4/c29-19(16-26-11-13-27(14-12-26)18-6-2-1-3-7-18)17-28-22(30)24(25-23(28)31)10-15-32-21-9-5-4-8-20(21)24/h1-9,19,29H,10-17H2,(H,25,31). The Morgan fingerprint density at radius 3 is 2.47 bits per heavy atom. The van der Waals surface area contributed by atoms with E-state index in [1.165, 1.54) is 5.69 Å². The number of piperazine rings is 1. The topological polar surface area (TPSA) is 85.3 Å². The number of benzene rings is 2. The molecule has 2 N–H and O–H groups in total. The van der Waals surface area contributed by atoms with Gasteiger partial charge in [-0.3, -0.25) is 14.6 Å². The molecule has 0 aromatic heterocycles. The number of carbonyl (C=O) groups is 2. The van der Waals surface area contributed by atoms with Crippen LogP contribution in [0.2, 0.25) is 0 Å². The number of urea groups is 1. The molecule has 8 heteroatoms. The molecule has 8 nitrogen and oxygen atoms in total. The number of para-hydroxylation sites is 2. The molecule has 1 spiro atoms. The van der Waals surface area contributed by atoms with Crippen molar-refractivity contribution in [2.45, 2.75) is 18.1 Å². The Morgan fingerprint density at radius 1 is 0.969 bits per heavy atom. The number of rotatable bonds is 5. The Labute approximate surface area is 187 Å². The van der Waals surface area contributed by atoms with Gasteiger partial charge in [0, 0.05) is 50.4 Å². The van der Waals surface area contributed by atoms with Crippen LogP contribution in [-0.2, 0) is 10.3 Å². The Balaban J connectivity index is 1.20. The monoisotopic (exact) mass is 436 g/mol. The molecule has 32 heavy (non-hydrogen) atoms. The number of fused-ring (bicyclic) bond motifs is 2. The van der Waals surface area contributed by atoms with Crippen molar-refractivity contribution in [3.63, 3.8) is 0 Å². The first-order valence-corrected chi connectivity index (χ1v) is 11.1. The number of ether oxygens (including phenoxy) is 1. The summed E-state index contributed by atoms with van der Waals surface area (Å²) in [6.07, 6.45) is -0.430. The van der Waals surface area contributed by atoms with Crippen molar-refractivity contribution in [2.75, 3.05) is 50.8 Å². The zero-order valence-corrected chi connectivity index (χ0v) is 17.9. The molecule has 168 valence electrons. The first kappa shape index (κ1) is 20.8. The van der Waals surface area contributed by atoms with Gasteiger partial charge in [-0.05, 0) is 18.2 Å². The minimum absolute atomic E-state index is 0.0195. The van der Waals surface area contributed by atoms with Crippen LogP contribution in [0.3, 0.4) is 0 Å². The molecule has 2 aromatic rings. The first-order chi connectivity index (χ1) is 15.6. The van der Waals surface area contributed by atoms with Gasteiger partial charge < -0.3 is 20.1 Å². The van der Waals surface area contributed by atoms with Crippen molar-refractivity contribution in [1.29, 1.82) is 0 Å². The summed E-state index contributed by atoms with van der Waals surface area (Å²) in [6, 6.07) is 17.1. The van der Waals surface area contributed by atoms with E-state index in [0.717, 1.165) is 31.1 Å². The van der Waals surface area contributed by atoms with E-state index >= 15 is 0 Å². The van der Waals surface area contributed by atoms with E-state index < -0.39 is 17.7 Å². The van der Waals surface area contributed by atoms with Gasteiger partial charge in [0.2, 0.25) is 0 Å². The van der Waals surface area contributed by atoms with Crippen LogP contribution in [0, 0.1) is 0 Å². The third kappa shape index (κ3) is 3.69. The van der Waals surface area contributed by atoms with Crippen LogP contribution in [0.5, 0.6) is 5.75 Å². The summed E-state index contributed by atoms with van der Waals surface area (Å²) in [5.41, 5.74) is 0.778. The second kappa shape index (κ2) is 8.44. The number of nitrogens with one attached hydrogen (secondary N) is 1. The van der Waals surface area contributed by atoms with E-state index in [4.69, 9.17) is 4.74 Å². The molecule has 3 amide bonds. The lowest BCUT2D eigenvalue weighted by molar-refractivity contribution is -0.133. The number of β-amino-alcohol motifs (C(OH)–C–C–N with tert-alkyl or cyclic N) is 1. The number of anilines is 1. The maximum absolute atomic E-state index is 13.3. The Bertz CT molecular complexity index is 993. The highest BCUT2D eigenvalue weighted by Gasteiger charge is 2.55. The van der Waals surface area contributed by atoms with Crippen molar-refractivity contribution in [3.05, 3.63) is 60.2 Å². The van der Waals surface area contributed by atoms with Crippen molar-refractivity contribution in [3.8, 4) is 5.75 Å². The van der Waals surface area contributed by atoms with Crippen LogP contribution in [-0.4, -0.2) is 78.8 Å². The van der Waals surface area contributed by atoms with Gasteiger partial charge >= 0.3 is 6.03 Å². The van der Waals surface area contributed by atoms with E-state index in [9.17, 15) is 14.7 Å². The molecule has 2 unspecified atom stereocenters. The van der Waals surface area contributed by atoms with E-state index in [-0.39, 0.29) is 12.5 Å². The lowest BCUT2D eigenvalue weighted by Crippen LogP contribution is -2.51. The summed E-state index contributed by atoms with van der Waals surface area (Å²) in [4.78, 5) is 31.7. The SMILES string of the molecule is O=C1NC2(CCOc3ccccc32)C(=O)N1CC(O)CN1CCN(c2ccccc2)CC1. The maximum Gasteiger partial charge on any atom is 0.325 e. The number of nitrogens with zero attached hydrogens (tertiary/aromatic N) is 3. The Morgan fingerprint density at radius 2 is 1.69 bits per heavy atom. The van der Waals surface area contributed by atoms with Crippen LogP contribution in [0.4, 0.5) is 10.5 Å². The predicted molar refractivity (Wildman–Crippen MR) is 120 cm³/mol. The summed E-state index contributed by atoms with van der Waals surface area (Å²) in [5, 5.41) is 13.6. The Kier molecular flexibility index (Phi) is 5.48. The van der Waals surface area contributed by atoms with Gasteiger partial charge in [0.05, 0.1) is 19.3 Å². The molecular weight excluding hydrogens is 408 g/mol. The second-order valence-corrected chi connectivity index (χ2v) is 8.62. The zero-order valence-electron chi connectivity index (χ0n) is 17.9. The molecule has 0 bridgehead atoms. The number of amides is 3. The van der Waals surface area contributed by atoms with Crippen molar-refractivity contribution < 1.29 is 19.4 Å². The average molecular weight is 437 g/mol. The maximum atomic E-state index is 13.3. The van der Waals surface area contributed by atoms with Crippen LogP contribution in [0.15, 0.2) is 54.6 Å². The summed E-state index contributed by atoms with van der Waals surface area (Å²) in [5.74, 6) is 0.303. The molecule has 2 atom stereocenters. The quantitative estimate of drug-likeness (QED) is 0.690. The lowest BCUT2D eigenvalue weighted by atomic mass is 9.84. The highest BCUT2D eigenvalue weighted by molar-refractivity contribution is 6.08. The van der Waals surface area contributed by atoms with Crippen molar-refractivity contribution in [2.24, 2.45) is 0 Å². The van der Waals surface area contributed by atoms with E-state index in [0.29, 0.717) is 30.9 Å². The first-order valence-electron chi connectivity index (χ1n) is 11.1. The number of hydrogen-bond acceptors (Lipinski definition) is 6. The molecule has 5 rings (SSSR count). The van der Waals surface area contributed by atoms with Crippen LogP contribution in [0.25, 0.3) is 0 Å². The molecule has 2 fully saturated rings. The number of aliphatic hydroxyl groups excluding tert-OH is 1. The molecule has 3 heterocycles. The molecule has 0 aliphatic carbocycles. The number of carbonyl (C=O) groups excluding carboxylic acids is 2. The average Bonchev–Trinajstić information content (AvgIpc) is 3.05. The Hall–Kier alpha value is -3.10. The van der Waals surface area contributed by atoms with Crippen LogP contribution in [0.1, 0.15) is 12.0 Å². The third-order valence-corrected chi connectivity index (χ3v) is 6.61. The smallest absolute Gasteiger partial charge is 0.325 e. The van der Waals surface area contributed by atoms with Gasteiger partial charge in [-0.2, -0.15) is 0 Å². The van der Waals surface area contributed by atoms with E-state index in [1.807, 2.05) is 42.5 Å². The van der Waals surface area contributed by atoms with Crippen molar-refractivity contribution >= 4 is 17.6 Å². The predicted octanol–water partition coefficient (Wildman–Crippen LogP) is 1.40.